The monoisotopic (exact) mass is 198 g/mol. The van der Waals surface area contributed by atoms with Crippen molar-refractivity contribution in [2.24, 2.45) is 0 Å². The molecule has 1 atom stereocenters. The van der Waals surface area contributed by atoms with Gasteiger partial charge >= 0.3 is 0 Å². The molecule has 80 valence electrons. The predicted octanol–water partition coefficient (Wildman–Crippen LogP) is -0.408. The lowest BCUT2D eigenvalue weighted by molar-refractivity contribution is -0.117. The van der Waals surface area contributed by atoms with Gasteiger partial charge in [-0.05, 0) is 7.05 Å². The third kappa shape index (κ3) is 2.53. The summed E-state index contributed by atoms with van der Waals surface area (Å²) in [7, 11) is 2.12. The van der Waals surface area contributed by atoms with E-state index in [4.69, 9.17) is 4.74 Å². The van der Waals surface area contributed by atoms with Gasteiger partial charge in [0.1, 0.15) is 5.78 Å². The minimum absolute atomic E-state index is 0.291. The molecule has 14 heavy (non-hydrogen) atoms. The van der Waals surface area contributed by atoms with E-state index in [1.54, 1.807) is 0 Å². The number of carbonyl (C=O) groups is 1. The SMILES string of the molecule is CN1CCOC(CN2CCC(=O)C2)C1. The summed E-state index contributed by atoms with van der Waals surface area (Å²) in [5.41, 5.74) is 0. The molecule has 0 aliphatic carbocycles. The lowest BCUT2D eigenvalue weighted by Crippen LogP contribution is -2.45. The zero-order valence-corrected chi connectivity index (χ0v) is 8.74. The second-order valence-electron chi connectivity index (χ2n) is 4.28. The number of likely N-dealkylation sites (tertiary alicyclic amines) is 1. The highest BCUT2D eigenvalue weighted by atomic mass is 16.5. The van der Waals surface area contributed by atoms with Crippen molar-refractivity contribution in [3.05, 3.63) is 0 Å². The number of morpholine rings is 1. The second kappa shape index (κ2) is 4.38. The van der Waals surface area contributed by atoms with Crippen molar-refractivity contribution in [1.82, 2.24) is 9.80 Å². The van der Waals surface area contributed by atoms with Crippen LogP contribution < -0.4 is 0 Å². The third-order valence-electron chi connectivity index (χ3n) is 2.91. The Labute approximate surface area is 84.8 Å². The molecule has 0 amide bonds. The van der Waals surface area contributed by atoms with Crippen LogP contribution in [0.2, 0.25) is 0 Å². The molecule has 1 unspecified atom stereocenters. The molecule has 0 bridgehead atoms. The molecule has 0 aromatic heterocycles. The molecule has 0 N–H and O–H groups in total. The summed E-state index contributed by atoms with van der Waals surface area (Å²) in [6.07, 6.45) is 1.02. The van der Waals surface area contributed by atoms with Crippen LogP contribution in [0.3, 0.4) is 0 Å². The molecule has 2 fully saturated rings. The molecule has 0 aromatic carbocycles. The minimum atomic E-state index is 0.291. The Morgan fingerprint density at radius 3 is 3.00 bits per heavy atom. The average Bonchev–Trinajstić information content (AvgIpc) is 2.51. The van der Waals surface area contributed by atoms with Gasteiger partial charge in [-0.3, -0.25) is 9.69 Å². The highest BCUT2D eigenvalue weighted by Gasteiger charge is 2.25. The molecule has 2 saturated heterocycles. The van der Waals surface area contributed by atoms with Gasteiger partial charge in [0, 0.05) is 32.6 Å². The van der Waals surface area contributed by atoms with Crippen LogP contribution in [0.1, 0.15) is 6.42 Å². The normalized spacial score (nSPS) is 31.2. The molecule has 2 aliphatic rings. The van der Waals surface area contributed by atoms with Gasteiger partial charge in [-0.1, -0.05) is 0 Å². The minimum Gasteiger partial charge on any atom is -0.374 e. The Hall–Kier alpha value is -0.450. The molecule has 0 spiro atoms. The largest absolute Gasteiger partial charge is 0.374 e. The lowest BCUT2D eigenvalue weighted by atomic mass is 10.2. The van der Waals surface area contributed by atoms with Crippen LogP contribution in [0.5, 0.6) is 0 Å². The van der Waals surface area contributed by atoms with E-state index in [0.717, 1.165) is 39.2 Å². The highest BCUT2D eigenvalue weighted by Crippen LogP contribution is 2.09. The average molecular weight is 198 g/mol. The summed E-state index contributed by atoms with van der Waals surface area (Å²) in [6.45, 7) is 5.30. The zero-order valence-electron chi connectivity index (χ0n) is 8.74. The van der Waals surface area contributed by atoms with Crippen LogP contribution in [0, 0.1) is 0 Å². The smallest absolute Gasteiger partial charge is 0.148 e. The first-order chi connectivity index (χ1) is 6.74. The fourth-order valence-electron chi connectivity index (χ4n) is 2.11. The lowest BCUT2D eigenvalue weighted by Gasteiger charge is -2.32. The number of carbonyl (C=O) groups excluding carboxylic acids is 1. The van der Waals surface area contributed by atoms with E-state index in [-0.39, 0.29) is 0 Å². The van der Waals surface area contributed by atoms with Crippen LogP contribution in [0.25, 0.3) is 0 Å². The Morgan fingerprint density at radius 2 is 2.36 bits per heavy atom. The molecule has 0 saturated carbocycles. The van der Waals surface area contributed by atoms with Gasteiger partial charge in [-0.15, -0.1) is 0 Å². The first-order valence-corrected chi connectivity index (χ1v) is 5.28. The van der Waals surface area contributed by atoms with E-state index in [9.17, 15) is 4.79 Å². The summed E-state index contributed by atoms with van der Waals surface area (Å²) in [5, 5.41) is 0. The summed E-state index contributed by atoms with van der Waals surface area (Å²) in [4.78, 5) is 15.6. The van der Waals surface area contributed by atoms with Crippen molar-refractivity contribution in [1.29, 1.82) is 0 Å². The van der Waals surface area contributed by atoms with Gasteiger partial charge in [0.05, 0.1) is 19.3 Å². The molecular formula is C10H18N2O2. The van der Waals surface area contributed by atoms with Gasteiger partial charge in [0.2, 0.25) is 0 Å². The summed E-state index contributed by atoms with van der Waals surface area (Å²) in [6, 6.07) is 0. The molecule has 4 nitrogen and oxygen atoms in total. The third-order valence-corrected chi connectivity index (χ3v) is 2.91. The Bertz CT molecular complexity index is 220. The van der Waals surface area contributed by atoms with Gasteiger partial charge in [0.15, 0.2) is 0 Å². The molecule has 2 aliphatic heterocycles. The fourth-order valence-corrected chi connectivity index (χ4v) is 2.11. The van der Waals surface area contributed by atoms with E-state index >= 15 is 0 Å². The van der Waals surface area contributed by atoms with Gasteiger partial charge in [-0.25, -0.2) is 0 Å². The van der Waals surface area contributed by atoms with Crippen LogP contribution in [-0.2, 0) is 9.53 Å². The quantitative estimate of drug-likeness (QED) is 0.604. The molecule has 2 heterocycles. The van der Waals surface area contributed by atoms with Crippen molar-refractivity contribution in [2.45, 2.75) is 12.5 Å². The maximum atomic E-state index is 11.1. The first-order valence-electron chi connectivity index (χ1n) is 5.28. The van der Waals surface area contributed by atoms with Crippen molar-refractivity contribution < 1.29 is 9.53 Å². The maximum absolute atomic E-state index is 11.1. The molecule has 2 rings (SSSR count). The van der Waals surface area contributed by atoms with Gasteiger partial charge in [-0.2, -0.15) is 0 Å². The highest BCUT2D eigenvalue weighted by molar-refractivity contribution is 5.82. The summed E-state index contributed by atoms with van der Waals surface area (Å²) < 4.78 is 5.65. The zero-order chi connectivity index (χ0) is 9.97. The van der Waals surface area contributed by atoms with Crippen molar-refractivity contribution in [3.63, 3.8) is 0 Å². The van der Waals surface area contributed by atoms with Crippen LogP contribution in [0.15, 0.2) is 0 Å². The predicted molar refractivity (Wildman–Crippen MR) is 53.3 cm³/mol. The Balaban J connectivity index is 1.76. The van der Waals surface area contributed by atoms with E-state index in [1.165, 1.54) is 0 Å². The number of likely N-dealkylation sites (N-methyl/N-ethyl adjacent to an activating group) is 1. The second-order valence-corrected chi connectivity index (χ2v) is 4.28. The summed E-state index contributed by atoms with van der Waals surface area (Å²) >= 11 is 0. The van der Waals surface area contributed by atoms with Crippen LogP contribution in [0.4, 0.5) is 0 Å². The molecular weight excluding hydrogens is 180 g/mol. The number of ether oxygens (including phenoxy) is 1. The number of nitrogens with zero attached hydrogens (tertiary/aromatic N) is 2. The number of rotatable bonds is 2. The fraction of sp³-hybridized carbons (Fsp3) is 0.900. The van der Waals surface area contributed by atoms with Crippen LogP contribution >= 0.6 is 0 Å². The van der Waals surface area contributed by atoms with Gasteiger partial charge in [0.25, 0.3) is 0 Å². The van der Waals surface area contributed by atoms with Gasteiger partial charge < -0.3 is 9.64 Å². The van der Waals surface area contributed by atoms with Crippen molar-refractivity contribution in [2.75, 3.05) is 46.4 Å². The topological polar surface area (TPSA) is 32.8 Å². The summed E-state index contributed by atoms with van der Waals surface area (Å²) in [5.74, 6) is 0.370. The Morgan fingerprint density at radius 1 is 1.50 bits per heavy atom. The van der Waals surface area contributed by atoms with Crippen LogP contribution in [-0.4, -0.2) is 68.1 Å². The molecule has 0 radical (unpaired) electrons. The number of hydrogen-bond acceptors (Lipinski definition) is 4. The standard InChI is InChI=1S/C10H18N2O2/c1-11-4-5-14-10(7-11)8-12-3-2-9(13)6-12/h10H,2-8H2,1H3. The van der Waals surface area contributed by atoms with E-state index in [0.29, 0.717) is 18.4 Å². The van der Waals surface area contributed by atoms with E-state index < -0.39 is 0 Å². The molecule has 4 heteroatoms. The van der Waals surface area contributed by atoms with Crippen molar-refractivity contribution >= 4 is 5.78 Å². The van der Waals surface area contributed by atoms with E-state index in [1.807, 2.05) is 0 Å². The number of Topliss-reactive ketones (excluding diaryl/α,β-unsaturated/α-hetero) is 1. The Kier molecular flexibility index (Phi) is 3.15. The number of hydrogen-bond donors (Lipinski definition) is 0. The first kappa shape index (κ1) is 10.1. The number of ketones is 1. The van der Waals surface area contributed by atoms with Crippen molar-refractivity contribution in [3.8, 4) is 0 Å². The van der Waals surface area contributed by atoms with E-state index in [2.05, 4.69) is 16.8 Å². The molecule has 0 aromatic rings. The maximum Gasteiger partial charge on any atom is 0.148 e.